The first-order chi connectivity index (χ1) is 7.57. The van der Waals surface area contributed by atoms with E-state index in [4.69, 9.17) is 0 Å². The second-order valence-corrected chi connectivity index (χ2v) is 4.86. The molecule has 0 aliphatic carbocycles. The van der Waals surface area contributed by atoms with Gasteiger partial charge in [0.1, 0.15) is 0 Å². The van der Waals surface area contributed by atoms with Crippen LogP contribution in [0.5, 0.6) is 0 Å². The van der Waals surface area contributed by atoms with Gasteiger partial charge in [-0.3, -0.25) is 0 Å². The molecule has 0 rings (SSSR count). The molecule has 3 nitrogen and oxygen atoms in total. The molecule has 0 aromatic carbocycles. The Hall–Kier alpha value is -0.120. The zero-order valence-electron chi connectivity index (χ0n) is 11.3. The second kappa shape index (κ2) is 7.25. The molecule has 0 saturated heterocycles. The molecule has 3 N–H and O–H groups in total. The Bertz CT molecular complexity index is 138. The van der Waals surface area contributed by atoms with Crippen LogP contribution in [0.1, 0.15) is 53.4 Å². The van der Waals surface area contributed by atoms with E-state index in [0.717, 1.165) is 32.2 Å². The monoisotopic (exact) mass is 231 g/mol. The van der Waals surface area contributed by atoms with Gasteiger partial charge in [-0.1, -0.05) is 27.7 Å². The molecule has 0 amide bonds. The number of rotatable bonds is 9. The van der Waals surface area contributed by atoms with E-state index in [-0.39, 0.29) is 24.2 Å². The number of nitrogens with one attached hydrogen (secondary N) is 1. The summed E-state index contributed by atoms with van der Waals surface area (Å²) < 4.78 is 0. The summed E-state index contributed by atoms with van der Waals surface area (Å²) in [7, 11) is 0. The summed E-state index contributed by atoms with van der Waals surface area (Å²) in [4.78, 5) is 0. The van der Waals surface area contributed by atoms with Crippen molar-refractivity contribution in [2.24, 2.45) is 5.41 Å². The minimum atomic E-state index is -0.176. The minimum Gasteiger partial charge on any atom is -0.396 e. The average Bonchev–Trinajstić information content (AvgIpc) is 2.37. The van der Waals surface area contributed by atoms with Crippen molar-refractivity contribution in [3.05, 3.63) is 0 Å². The minimum absolute atomic E-state index is 0.0369. The third-order valence-corrected chi connectivity index (χ3v) is 4.33. The predicted octanol–water partition coefficient (Wildman–Crippen LogP) is 1.93. The van der Waals surface area contributed by atoms with Crippen molar-refractivity contribution in [1.29, 1.82) is 0 Å². The van der Waals surface area contributed by atoms with Gasteiger partial charge in [-0.2, -0.15) is 0 Å². The molecular formula is C13H29NO2. The van der Waals surface area contributed by atoms with Gasteiger partial charge in [0, 0.05) is 24.1 Å². The Morgan fingerprint density at radius 3 is 1.56 bits per heavy atom. The molecule has 0 saturated carbocycles. The van der Waals surface area contributed by atoms with Crippen molar-refractivity contribution in [3.8, 4) is 0 Å². The molecule has 0 spiro atoms. The number of aliphatic hydroxyl groups is 2. The van der Waals surface area contributed by atoms with Crippen LogP contribution < -0.4 is 5.32 Å². The molecule has 0 unspecified atom stereocenters. The lowest BCUT2D eigenvalue weighted by Gasteiger charge is -2.37. The van der Waals surface area contributed by atoms with E-state index in [2.05, 4.69) is 33.0 Å². The van der Waals surface area contributed by atoms with Gasteiger partial charge in [0.15, 0.2) is 0 Å². The predicted molar refractivity (Wildman–Crippen MR) is 68.5 cm³/mol. The Morgan fingerprint density at radius 1 is 0.812 bits per heavy atom. The van der Waals surface area contributed by atoms with Gasteiger partial charge < -0.3 is 15.5 Å². The van der Waals surface area contributed by atoms with Crippen LogP contribution in [0.2, 0.25) is 0 Å². The van der Waals surface area contributed by atoms with Gasteiger partial charge in [-0.25, -0.2) is 0 Å². The van der Waals surface area contributed by atoms with Crippen LogP contribution in [-0.4, -0.2) is 35.5 Å². The number of aliphatic hydroxyl groups excluding tert-OH is 2. The fraction of sp³-hybridized carbons (Fsp3) is 1.00. The van der Waals surface area contributed by atoms with Gasteiger partial charge >= 0.3 is 0 Å². The molecule has 0 aromatic rings. The van der Waals surface area contributed by atoms with Crippen LogP contribution in [0, 0.1) is 5.41 Å². The Balaban J connectivity index is 4.48. The van der Waals surface area contributed by atoms with Crippen LogP contribution in [0.4, 0.5) is 0 Å². The molecule has 0 atom stereocenters. The summed E-state index contributed by atoms with van der Waals surface area (Å²) in [5.41, 5.74) is -0.213. The van der Waals surface area contributed by atoms with E-state index in [0.29, 0.717) is 0 Å². The van der Waals surface area contributed by atoms with E-state index in [1.54, 1.807) is 0 Å². The number of hydrogen-bond donors (Lipinski definition) is 3. The zero-order chi connectivity index (χ0) is 12.7. The molecule has 0 heterocycles. The summed E-state index contributed by atoms with van der Waals surface area (Å²) >= 11 is 0. The van der Waals surface area contributed by atoms with Crippen molar-refractivity contribution in [2.75, 3.05) is 19.8 Å². The molecule has 0 aliphatic rings. The van der Waals surface area contributed by atoms with E-state index >= 15 is 0 Å². The highest BCUT2D eigenvalue weighted by atomic mass is 16.3. The van der Waals surface area contributed by atoms with Crippen LogP contribution in [0.15, 0.2) is 0 Å². The molecule has 0 bridgehead atoms. The quantitative estimate of drug-likeness (QED) is 0.568. The number of hydrogen-bond acceptors (Lipinski definition) is 3. The summed E-state index contributed by atoms with van der Waals surface area (Å²) in [6.45, 7) is 9.55. The highest BCUT2D eigenvalue weighted by Gasteiger charge is 2.31. The van der Waals surface area contributed by atoms with Gasteiger partial charge in [-0.15, -0.1) is 0 Å². The maximum atomic E-state index is 9.49. The van der Waals surface area contributed by atoms with Crippen molar-refractivity contribution in [1.82, 2.24) is 5.32 Å². The second-order valence-electron chi connectivity index (χ2n) is 4.86. The maximum absolute atomic E-state index is 9.49. The molecule has 0 aliphatic heterocycles. The molecular weight excluding hydrogens is 202 g/mol. The lowest BCUT2D eigenvalue weighted by molar-refractivity contribution is 0.0815. The van der Waals surface area contributed by atoms with Crippen LogP contribution in [0.3, 0.4) is 0 Å². The zero-order valence-corrected chi connectivity index (χ0v) is 11.3. The highest BCUT2D eigenvalue weighted by Crippen LogP contribution is 2.26. The average molecular weight is 231 g/mol. The van der Waals surface area contributed by atoms with Gasteiger partial charge in [0.05, 0.1) is 6.61 Å². The summed E-state index contributed by atoms with van der Waals surface area (Å²) in [6.07, 6.45) is 3.74. The lowest BCUT2D eigenvalue weighted by Crippen LogP contribution is -2.52. The third kappa shape index (κ3) is 3.72. The van der Waals surface area contributed by atoms with E-state index in [1.807, 2.05) is 0 Å². The normalized spacial score (nSPS) is 13.1. The standard InChI is InChI=1S/C13H29NO2/c1-5-12(6-2,10-15)9-14-13(7-3,8-4)11-16/h14-16H,5-11H2,1-4H3. The Labute approximate surface area is 100 Å². The largest absolute Gasteiger partial charge is 0.396 e. The molecule has 0 radical (unpaired) electrons. The van der Waals surface area contributed by atoms with Gasteiger partial charge in [0.2, 0.25) is 0 Å². The first-order valence-electron chi connectivity index (χ1n) is 6.54. The fourth-order valence-electron chi connectivity index (χ4n) is 1.93. The lowest BCUT2D eigenvalue weighted by atomic mass is 9.81. The van der Waals surface area contributed by atoms with Crippen molar-refractivity contribution < 1.29 is 10.2 Å². The van der Waals surface area contributed by atoms with Crippen LogP contribution >= 0.6 is 0 Å². The van der Waals surface area contributed by atoms with Crippen LogP contribution in [-0.2, 0) is 0 Å². The van der Waals surface area contributed by atoms with Crippen molar-refractivity contribution >= 4 is 0 Å². The van der Waals surface area contributed by atoms with E-state index in [1.165, 1.54) is 0 Å². The maximum Gasteiger partial charge on any atom is 0.0613 e. The van der Waals surface area contributed by atoms with Crippen molar-refractivity contribution in [3.63, 3.8) is 0 Å². The smallest absolute Gasteiger partial charge is 0.0613 e. The molecule has 3 heteroatoms. The summed E-state index contributed by atoms with van der Waals surface area (Å²) in [6, 6.07) is 0. The third-order valence-electron chi connectivity index (χ3n) is 4.33. The van der Waals surface area contributed by atoms with E-state index < -0.39 is 0 Å². The SMILES string of the molecule is CCC(CC)(CO)CNC(CC)(CC)CO. The molecule has 98 valence electrons. The van der Waals surface area contributed by atoms with Crippen LogP contribution in [0.25, 0.3) is 0 Å². The van der Waals surface area contributed by atoms with Gasteiger partial charge in [0.25, 0.3) is 0 Å². The first-order valence-corrected chi connectivity index (χ1v) is 6.54. The fourth-order valence-corrected chi connectivity index (χ4v) is 1.93. The van der Waals surface area contributed by atoms with Crippen molar-refractivity contribution in [2.45, 2.75) is 58.9 Å². The van der Waals surface area contributed by atoms with Gasteiger partial charge in [-0.05, 0) is 25.7 Å². The topological polar surface area (TPSA) is 52.5 Å². The van der Waals surface area contributed by atoms with E-state index in [9.17, 15) is 10.2 Å². The molecule has 16 heavy (non-hydrogen) atoms. The Morgan fingerprint density at radius 2 is 1.31 bits per heavy atom. The molecule has 0 fully saturated rings. The highest BCUT2D eigenvalue weighted by molar-refractivity contribution is 4.89. The first kappa shape index (κ1) is 15.9. The molecule has 0 aromatic heterocycles. The summed E-state index contributed by atoms with van der Waals surface area (Å²) in [5.74, 6) is 0. The Kier molecular flexibility index (Phi) is 7.20. The summed E-state index contributed by atoms with van der Waals surface area (Å²) in [5, 5.41) is 22.4.